The van der Waals surface area contributed by atoms with Gasteiger partial charge in [0.25, 0.3) is 0 Å². The third-order valence-corrected chi connectivity index (χ3v) is 3.80. The number of phosphoric acid groups is 1. The smallest absolute Gasteiger partial charge is 0.461 e. The fraction of sp³-hybridized carbons (Fsp3) is 0.636. The van der Waals surface area contributed by atoms with Crippen LogP contribution in [0, 0.1) is 0 Å². The van der Waals surface area contributed by atoms with Crippen LogP contribution in [-0.2, 0) is 18.6 Å². The molecule has 12 nitrogen and oxygen atoms in total. The van der Waals surface area contributed by atoms with E-state index in [1.165, 1.54) is 0 Å². The lowest BCUT2D eigenvalue weighted by atomic mass is 10.1. The van der Waals surface area contributed by atoms with E-state index >= 15 is 0 Å². The molecule has 0 bridgehead atoms. The number of anilines is 1. The van der Waals surface area contributed by atoms with E-state index in [2.05, 4.69) is 9.51 Å². The van der Waals surface area contributed by atoms with Crippen molar-refractivity contribution in [3.8, 4) is 0 Å². The molecule has 1 aliphatic heterocycles. The summed E-state index contributed by atoms with van der Waals surface area (Å²) < 4.78 is 26.2. The Balaban J connectivity index is 2.15. The Hall–Kier alpha value is -1.53. The van der Waals surface area contributed by atoms with E-state index in [-0.39, 0.29) is 18.1 Å². The summed E-state index contributed by atoms with van der Waals surface area (Å²) in [4.78, 5) is 32.8. The Bertz CT molecular complexity index is 645. The minimum Gasteiger partial charge on any atom is -0.461 e. The van der Waals surface area contributed by atoms with Crippen molar-refractivity contribution in [2.75, 3.05) is 18.9 Å². The first-order chi connectivity index (χ1) is 11.2. The number of phosphoric ester groups is 1. The van der Waals surface area contributed by atoms with E-state index in [0.717, 1.165) is 10.9 Å². The van der Waals surface area contributed by atoms with Crippen molar-refractivity contribution in [1.29, 1.82) is 0 Å². The van der Waals surface area contributed by atoms with Gasteiger partial charge in [-0.25, -0.2) is 14.3 Å². The van der Waals surface area contributed by atoms with Crippen LogP contribution >= 0.6 is 7.82 Å². The number of carbonyl (C=O) groups is 1. The average Bonchev–Trinajstić information content (AvgIpc) is 2.99. The van der Waals surface area contributed by atoms with E-state index in [9.17, 15) is 19.6 Å². The zero-order valence-electron chi connectivity index (χ0n) is 12.6. The molecule has 13 heteroatoms. The van der Waals surface area contributed by atoms with Crippen molar-refractivity contribution in [2.45, 2.75) is 31.5 Å². The first kappa shape index (κ1) is 18.8. The maximum Gasteiger partial charge on any atom is 0.469 e. The molecular formula is C11H18N3O9P. The number of imidazole rings is 1. The molecule has 1 saturated heterocycles. The predicted molar refractivity (Wildman–Crippen MR) is 76.5 cm³/mol. The van der Waals surface area contributed by atoms with Crippen molar-refractivity contribution in [3.05, 3.63) is 12.0 Å². The van der Waals surface area contributed by atoms with Gasteiger partial charge in [-0.05, 0) is 6.92 Å². The third-order valence-electron chi connectivity index (χ3n) is 3.32. The topological polar surface area (TPSA) is 187 Å². The molecule has 1 aromatic rings. The Morgan fingerprint density at radius 1 is 1.46 bits per heavy atom. The highest BCUT2D eigenvalue weighted by Gasteiger charge is 2.45. The summed E-state index contributed by atoms with van der Waals surface area (Å²) in [5.74, 6) is -0.913. The Kier molecular flexibility index (Phi) is 5.60. The molecule has 2 heterocycles. The lowest BCUT2D eigenvalue weighted by Crippen LogP contribution is -2.33. The molecule has 136 valence electrons. The maximum absolute atomic E-state index is 11.7. The van der Waals surface area contributed by atoms with Gasteiger partial charge in [0.05, 0.1) is 19.5 Å². The fourth-order valence-corrected chi connectivity index (χ4v) is 2.54. The number of aliphatic hydroxyl groups excluding tert-OH is 2. The van der Waals surface area contributed by atoms with Crippen LogP contribution in [0.2, 0.25) is 0 Å². The van der Waals surface area contributed by atoms with Crippen molar-refractivity contribution < 1.29 is 43.4 Å². The molecule has 1 fully saturated rings. The van der Waals surface area contributed by atoms with Gasteiger partial charge in [-0.2, -0.15) is 0 Å². The van der Waals surface area contributed by atoms with Crippen LogP contribution in [0.15, 0.2) is 6.33 Å². The molecule has 0 radical (unpaired) electrons. The highest BCUT2D eigenvalue weighted by molar-refractivity contribution is 7.46. The van der Waals surface area contributed by atoms with Gasteiger partial charge in [0.15, 0.2) is 11.9 Å². The number of esters is 1. The molecule has 6 N–H and O–H groups in total. The van der Waals surface area contributed by atoms with E-state index in [1.54, 1.807) is 6.92 Å². The highest BCUT2D eigenvalue weighted by Crippen LogP contribution is 2.38. The molecule has 1 aliphatic rings. The molecule has 2 rings (SSSR count). The molecule has 0 amide bonds. The average molecular weight is 367 g/mol. The van der Waals surface area contributed by atoms with Gasteiger partial charge in [0.2, 0.25) is 0 Å². The number of hydrogen-bond acceptors (Lipinski definition) is 9. The molecule has 24 heavy (non-hydrogen) atoms. The Morgan fingerprint density at radius 3 is 2.71 bits per heavy atom. The number of nitrogen functional groups attached to an aromatic ring is 1. The van der Waals surface area contributed by atoms with E-state index in [1.807, 2.05) is 0 Å². The maximum atomic E-state index is 11.7. The number of aliphatic hydroxyl groups is 2. The minimum atomic E-state index is -4.76. The standard InChI is InChI=1S/C11H18N3O9P/c1-2-21-11(17)6-9(12)14(4-13-6)10-8(16)7(15)5(23-10)3-22-24(18,19)20/h4-5,7-8,10,15-16H,2-3,12H2,1H3,(H2,18,19,20)/t5-,7-,8-,10+/m1/s1. The molecule has 0 saturated carbocycles. The van der Waals surface area contributed by atoms with Gasteiger partial charge in [-0.15, -0.1) is 0 Å². The first-order valence-corrected chi connectivity index (χ1v) is 8.39. The van der Waals surface area contributed by atoms with Crippen LogP contribution in [0.25, 0.3) is 0 Å². The van der Waals surface area contributed by atoms with E-state index in [0.29, 0.717) is 0 Å². The third kappa shape index (κ3) is 3.92. The summed E-state index contributed by atoms with van der Waals surface area (Å²) in [5, 5.41) is 19.9. The number of hydrogen-bond donors (Lipinski definition) is 5. The SMILES string of the molecule is CCOC(=O)c1ncn([C@H]2O[C@H](COP(=O)(O)O)[C@@H](O)[C@H]2O)c1N. The number of ether oxygens (including phenoxy) is 2. The summed E-state index contributed by atoms with van der Waals surface area (Å²) in [7, 11) is -4.76. The van der Waals surface area contributed by atoms with Crippen molar-refractivity contribution >= 4 is 19.6 Å². The van der Waals surface area contributed by atoms with Gasteiger partial charge in [-0.3, -0.25) is 9.09 Å². The second kappa shape index (κ2) is 7.15. The van der Waals surface area contributed by atoms with Crippen molar-refractivity contribution in [3.63, 3.8) is 0 Å². The van der Waals surface area contributed by atoms with Gasteiger partial charge in [0.1, 0.15) is 24.1 Å². The van der Waals surface area contributed by atoms with E-state index < -0.39 is 44.9 Å². The summed E-state index contributed by atoms with van der Waals surface area (Å²) in [5.41, 5.74) is 5.60. The molecule has 0 unspecified atom stereocenters. The second-order valence-electron chi connectivity index (χ2n) is 4.94. The quantitative estimate of drug-likeness (QED) is 0.287. The largest absolute Gasteiger partial charge is 0.469 e. The molecule has 0 aliphatic carbocycles. The number of nitrogens with two attached hydrogens (primary N) is 1. The summed E-state index contributed by atoms with van der Waals surface area (Å²) in [6.45, 7) is 1.07. The zero-order valence-corrected chi connectivity index (χ0v) is 13.4. The second-order valence-corrected chi connectivity index (χ2v) is 6.18. The fourth-order valence-electron chi connectivity index (χ4n) is 2.20. The molecular weight excluding hydrogens is 349 g/mol. The molecule has 1 aromatic heterocycles. The van der Waals surface area contributed by atoms with Gasteiger partial charge in [0, 0.05) is 0 Å². The van der Waals surface area contributed by atoms with Gasteiger partial charge >= 0.3 is 13.8 Å². The van der Waals surface area contributed by atoms with Crippen LogP contribution in [0.3, 0.4) is 0 Å². The predicted octanol–water partition coefficient (Wildman–Crippen LogP) is -1.63. The van der Waals surface area contributed by atoms with Crippen LogP contribution in [0.5, 0.6) is 0 Å². The highest BCUT2D eigenvalue weighted by atomic mass is 31.2. The summed E-state index contributed by atoms with van der Waals surface area (Å²) >= 11 is 0. The Labute approximate surface area is 136 Å². The van der Waals surface area contributed by atoms with Crippen LogP contribution < -0.4 is 5.73 Å². The lowest BCUT2D eigenvalue weighted by molar-refractivity contribution is -0.0511. The number of rotatable bonds is 6. The first-order valence-electron chi connectivity index (χ1n) is 6.86. The summed E-state index contributed by atoms with van der Waals surface area (Å²) in [6.07, 6.45) is -4.29. The van der Waals surface area contributed by atoms with Gasteiger partial charge in [-0.1, -0.05) is 0 Å². The van der Waals surface area contributed by atoms with Crippen LogP contribution in [0.4, 0.5) is 5.82 Å². The zero-order chi connectivity index (χ0) is 18.1. The Morgan fingerprint density at radius 2 is 2.12 bits per heavy atom. The van der Waals surface area contributed by atoms with Crippen molar-refractivity contribution in [2.24, 2.45) is 0 Å². The summed E-state index contributed by atoms with van der Waals surface area (Å²) in [6, 6.07) is 0. The normalized spacial score (nSPS) is 27.4. The number of carbonyl (C=O) groups excluding carboxylic acids is 1. The van der Waals surface area contributed by atoms with Crippen molar-refractivity contribution in [1.82, 2.24) is 9.55 Å². The lowest BCUT2D eigenvalue weighted by Gasteiger charge is -2.17. The van der Waals surface area contributed by atoms with Gasteiger partial charge < -0.3 is 35.2 Å². The number of aromatic nitrogens is 2. The van der Waals surface area contributed by atoms with Crippen LogP contribution in [-0.4, -0.2) is 67.0 Å². The molecule has 4 atom stereocenters. The van der Waals surface area contributed by atoms with E-state index in [4.69, 9.17) is 25.0 Å². The molecule has 0 spiro atoms. The monoisotopic (exact) mass is 367 g/mol. The van der Waals surface area contributed by atoms with Crippen LogP contribution in [0.1, 0.15) is 23.6 Å². The molecule has 0 aromatic carbocycles. The minimum absolute atomic E-state index is 0.119. The number of nitrogens with zero attached hydrogens (tertiary/aromatic N) is 2.